The Balaban J connectivity index is 1.63. The molecular weight excluding hydrogens is 474 g/mol. The smallest absolute Gasteiger partial charge is 0.272 e. The van der Waals surface area contributed by atoms with E-state index in [9.17, 15) is 9.59 Å². The molecule has 0 aliphatic heterocycles. The van der Waals surface area contributed by atoms with Gasteiger partial charge in [0.25, 0.3) is 11.8 Å². The summed E-state index contributed by atoms with van der Waals surface area (Å²) in [4.78, 5) is 30.3. The van der Waals surface area contributed by atoms with E-state index in [4.69, 9.17) is 0 Å². The molecule has 0 atom stereocenters. The van der Waals surface area contributed by atoms with E-state index in [-0.39, 0.29) is 11.6 Å². The van der Waals surface area contributed by atoms with E-state index in [2.05, 4.69) is 31.5 Å². The summed E-state index contributed by atoms with van der Waals surface area (Å²) in [5.74, 6) is -0.780. The lowest BCUT2D eigenvalue weighted by molar-refractivity contribution is -0.113. The largest absolute Gasteiger partial charge is 0.321 e. The van der Waals surface area contributed by atoms with E-state index < -0.39 is 5.91 Å². The highest BCUT2D eigenvalue weighted by molar-refractivity contribution is 9.10. The molecular formula is C24H18BrN3O2S. The maximum atomic E-state index is 13.1. The molecule has 0 saturated carbocycles. The van der Waals surface area contributed by atoms with Gasteiger partial charge in [0.2, 0.25) is 0 Å². The summed E-state index contributed by atoms with van der Waals surface area (Å²) in [7, 11) is 0. The van der Waals surface area contributed by atoms with Crippen LogP contribution in [0.5, 0.6) is 0 Å². The number of rotatable bonds is 5. The van der Waals surface area contributed by atoms with Crippen molar-refractivity contribution in [1.29, 1.82) is 0 Å². The first-order valence-corrected chi connectivity index (χ1v) is 11.1. The first-order chi connectivity index (χ1) is 15.0. The average molecular weight is 492 g/mol. The number of thiazole rings is 1. The number of halogens is 1. The zero-order valence-electron chi connectivity index (χ0n) is 16.6. The van der Waals surface area contributed by atoms with Gasteiger partial charge in [-0.2, -0.15) is 0 Å². The van der Waals surface area contributed by atoms with Gasteiger partial charge in [0.05, 0.1) is 15.2 Å². The molecule has 0 saturated heterocycles. The number of amides is 2. The molecule has 154 valence electrons. The molecule has 1 aromatic heterocycles. The van der Waals surface area contributed by atoms with Crippen molar-refractivity contribution >= 4 is 61.1 Å². The summed E-state index contributed by atoms with van der Waals surface area (Å²) >= 11 is 5.03. The normalized spacial score (nSPS) is 11.4. The molecule has 0 aliphatic rings. The standard InChI is InChI=1S/C24H18BrN3O2S/c1-15-26-20-14-19(10-11-22(20)31-15)27-24(30)21(13-16-6-5-9-18(25)12-16)28-23(29)17-7-3-2-4-8-17/h2-14H,1H3,(H,27,30)(H,28,29)/b21-13+. The Kier molecular flexibility index (Phi) is 6.25. The van der Waals surface area contributed by atoms with Crippen LogP contribution in [-0.4, -0.2) is 16.8 Å². The van der Waals surface area contributed by atoms with E-state index in [1.54, 1.807) is 41.7 Å². The highest BCUT2D eigenvalue weighted by Gasteiger charge is 2.15. The monoisotopic (exact) mass is 491 g/mol. The lowest BCUT2D eigenvalue weighted by Crippen LogP contribution is -2.30. The number of carbonyl (C=O) groups is 2. The predicted octanol–water partition coefficient (Wildman–Crippen LogP) is 5.78. The first kappa shape index (κ1) is 21.0. The van der Waals surface area contributed by atoms with Crippen LogP contribution in [0.4, 0.5) is 5.69 Å². The SMILES string of the molecule is Cc1nc2cc(NC(=O)/C(=C\c3cccc(Br)c3)NC(=O)c3ccccc3)ccc2s1. The van der Waals surface area contributed by atoms with Gasteiger partial charge < -0.3 is 10.6 Å². The molecule has 31 heavy (non-hydrogen) atoms. The van der Waals surface area contributed by atoms with Crippen LogP contribution >= 0.6 is 27.3 Å². The number of aromatic nitrogens is 1. The maximum Gasteiger partial charge on any atom is 0.272 e. The third-order valence-corrected chi connectivity index (χ3v) is 5.89. The van der Waals surface area contributed by atoms with E-state index in [1.807, 2.05) is 55.5 Å². The summed E-state index contributed by atoms with van der Waals surface area (Å²) in [6, 6.07) is 21.8. The molecule has 5 nitrogen and oxygen atoms in total. The Morgan fingerprint density at radius 2 is 1.81 bits per heavy atom. The van der Waals surface area contributed by atoms with Crippen LogP contribution in [0.1, 0.15) is 20.9 Å². The Bertz CT molecular complexity index is 1300. The van der Waals surface area contributed by atoms with Crippen molar-refractivity contribution < 1.29 is 9.59 Å². The fourth-order valence-corrected chi connectivity index (χ4v) is 4.25. The van der Waals surface area contributed by atoms with Crippen molar-refractivity contribution in [3.8, 4) is 0 Å². The lowest BCUT2D eigenvalue weighted by Gasteiger charge is -2.11. The van der Waals surface area contributed by atoms with Gasteiger partial charge in [-0.15, -0.1) is 11.3 Å². The number of benzene rings is 3. The molecule has 3 aromatic carbocycles. The van der Waals surface area contributed by atoms with Crippen LogP contribution in [0, 0.1) is 6.92 Å². The fraction of sp³-hybridized carbons (Fsp3) is 0.0417. The Morgan fingerprint density at radius 3 is 2.58 bits per heavy atom. The van der Waals surface area contributed by atoms with E-state index in [0.29, 0.717) is 11.3 Å². The summed E-state index contributed by atoms with van der Waals surface area (Å²) in [5, 5.41) is 6.57. The highest BCUT2D eigenvalue weighted by Crippen LogP contribution is 2.25. The minimum atomic E-state index is -0.421. The van der Waals surface area contributed by atoms with Crippen molar-refractivity contribution in [2.75, 3.05) is 5.32 Å². The van der Waals surface area contributed by atoms with Gasteiger partial charge in [-0.1, -0.05) is 46.3 Å². The Morgan fingerprint density at radius 1 is 1.00 bits per heavy atom. The average Bonchev–Trinajstić information content (AvgIpc) is 3.13. The second kappa shape index (κ2) is 9.24. The Hall–Kier alpha value is -3.29. The van der Waals surface area contributed by atoms with Crippen LogP contribution in [0.25, 0.3) is 16.3 Å². The molecule has 2 N–H and O–H groups in total. The van der Waals surface area contributed by atoms with E-state index in [1.165, 1.54) is 0 Å². The Labute approximate surface area is 192 Å². The number of carbonyl (C=O) groups excluding carboxylic acids is 2. The molecule has 0 fully saturated rings. The molecule has 7 heteroatoms. The van der Waals surface area contributed by atoms with Crippen molar-refractivity contribution in [2.45, 2.75) is 6.92 Å². The number of hydrogen-bond acceptors (Lipinski definition) is 4. The van der Waals surface area contributed by atoms with Crippen molar-refractivity contribution in [2.24, 2.45) is 0 Å². The molecule has 2 amide bonds. The summed E-state index contributed by atoms with van der Waals surface area (Å²) in [6.07, 6.45) is 1.65. The number of aryl methyl sites for hydroxylation is 1. The second-order valence-electron chi connectivity index (χ2n) is 6.80. The minimum Gasteiger partial charge on any atom is -0.321 e. The molecule has 0 bridgehead atoms. The quantitative estimate of drug-likeness (QED) is 0.347. The van der Waals surface area contributed by atoms with E-state index in [0.717, 1.165) is 25.3 Å². The van der Waals surface area contributed by atoms with E-state index >= 15 is 0 Å². The number of fused-ring (bicyclic) bond motifs is 1. The number of hydrogen-bond donors (Lipinski definition) is 2. The topological polar surface area (TPSA) is 71.1 Å². The molecule has 4 rings (SSSR count). The second-order valence-corrected chi connectivity index (χ2v) is 8.95. The lowest BCUT2D eigenvalue weighted by atomic mass is 10.1. The summed E-state index contributed by atoms with van der Waals surface area (Å²) in [5.41, 5.74) is 2.82. The van der Waals surface area contributed by atoms with Crippen molar-refractivity contribution in [3.05, 3.63) is 99.1 Å². The maximum absolute atomic E-state index is 13.1. The van der Waals surface area contributed by atoms with Crippen LogP contribution < -0.4 is 10.6 Å². The third-order valence-electron chi connectivity index (χ3n) is 4.44. The van der Waals surface area contributed by atoms with Gasteiger partial charge in [0, 0.05) is 15.7 Å². The van der Waals surface area contributed by atoms with Gasteiger partial charge in [0.15, 0.2) is 0 Å². The number of nitrogens with zero attached hydrogens (tertiary/aromatic N) is 1. The fourth-order valence-electron chi connectivity index (χ4n) is 3.02. The number of anilines is 1. The van der Waals surface area contributed by atoms with Gasteiger partial charge in [-0.3, -0.25) is 9.59 Å². The summed E-state index contributed by atoms with van der Waals surface area (Å²) < 4.78 is 1.93. The molecule has 0 spiro atoms. The predicted molar refractivity (Wildman–Crippen MR) is 129 cm³/mol. The van der Waals surface area contributed by atoms with Crippen LogP contribution in [0.2, 0.25) is 0 Å². The zero-order valence-corrected chi connectivity index (χ0v) is 19.0. The first-order valence-electron chi connectivity index (χ1n) is 9.50. The minimum absolute atomic E-state index is 0.140. The molecule has 0 radical (unpaired) electrons. The van der Waals surface area contributed by atoms with Crippen LogP contribution in [-0.2, 0) is 4.79 Å². The van der Waals surface area contributed by atoms with Crippen LogP contribution in [0.15, 0.2) is 83.0 Å². The van der Waals surface area contributed by atoms with Gasteiger partial charge >= 0.3 is 0 Å². The number of nitrogens with one attached hydrogen (secondary N) is 2. The van der Waals surface area contributed by atoms with Crippen molar-refractivity contribution in [1.82, 2.24) is 10.3 Å². The third kappa shape index (κ3) is 5.25. The van der Waals surface area contributed by atoms with Gasteiger partial charge in [-0.25, -0.2) is 4.98 Å². The van der Waals surface area contributed by atoms with Gasteiger partial charge in [-0.05, 0) is 61.0 Å². The van der Waals surface area contributed by atoms with Gasteiger partial charge in [0.1, 0.15) is 5.70 Å². The molecule has 1 heterocycles. The molecule has 0 unspecified atom stereocenters. The highest BCUT2D eigenvalue weighted by atomic mass is 79.9. The molecule has 0 aliphatic carbocycles. The van der Waals surface area contributed by atoms with Crippen LogP contribution in [0.3, 0.4) is 0 Å². The zero-order chi connectivity index (χ0) is 21.8. The summed E-state index contributed by atoms with van der Waals surface area (Å²) in [6.45, 7) is 1.95. The molecule has 4 aromatic rings. The van der Waals surface area contributed by atoms with Crippen molar-refractivity contribution in [3.63, 3.8) is 0 Å².